The lowest BCUT2D eigenvalue weighted by Crippen LogP contribution is -2.21. The highest BCUT2D eigenvalue weighted by molar-refractivity contribution is 6.03. The number of anilines is 1. The van der Waals surface area contributed by atoms with Gasteiger partial charge in [0.05, 0.1) is 0 Å². The van der Waals surface area contributed by atoms with Crippen LogP contribution in [0.1, 0.15) is 20.3 Å². The van der Waals surface area contributed by atoms with E-state index in [9.17, 15) is 0 Å². The van der Waals surface area contributed by atoms with Crippen molar-refractivity contribution in [2.75, 3.05) is 11.9 Å². The Morgan fingerprint density at radius 3 is 1.96 bits per heavy atom. The van der Waals surface area contributed by atoms with Gasteiger partial charge in [-0.05, 0) is 49.6 Å². The van der Waals surface area contributed by atoms with Crippen LogP contribution >= 0.6 is 0 Å². The fourth-order valence-electron chi connectivity index (χ4n) is 3.06. The number of aliphatic imine (C=N–C) groups is 1. The minimum Gasteiger partial charge on any atom is -0.309 e. The fraction of sp³-hybridized carbons (Fsp3) is 0.238. The Kier molecular flexibility index (Phi) is 5.14. The van der Waals surface area contributed by atoms with E-state index < -0.39 is 0 Å². The molecule has 28 heavy (non-hydrogen) atoms. The maximum atomic E-state index is 4.64. The maximum Gasteiger partial charge on any atom is 0.232 e. The van der Waals surface area contributed by atoms with Crippen LogP contribution in [0, 0.1) is 5.92 Å². The first-order valence-electron chi connectivity index (χ1n) is 9.29. The van der Waals surface area contributed by atoms with Gasteiger partial charge < -0.3 is 5.32 Å². The number of nitrogens with one attached hydrogen (secondary N) is 1. The highest BCUT2D eigenvalue weighted by Gasteiger charge is 2.16. The maximum absolute atomic E-state index is 4.64. The summed E-state index contributed by atoms with van der Waals surface area (Å²) in [6.07, 6.45) is 10.0. The van der Waals surface area contributed by atoms with Crippen LogP contribution in [0.15, 0.2) is 65.7 Å². The molecule has 0 aliphatic carbocycles. The third-order valence-corrected chi connectivity index (χ3v) is 4.74. The number of dihydropyridines is 1. The van der Waals surface area contributed by atoms with Crippen molar-refractivity contribution in [2.45, 2.75) is 20.3 Å². The normalized spacial score (nSPS) is 16.3. The van der Waals surface area contributed by atoms with Crippen molar-refractivity contribution in [3.8, 4) is 22.8 Å². The predicted octanol–water partition coefficient (Wildman–Crippen LogP) is 3.79. The second kappa shape index (κ2) is 8.04. The van der Waals surface area contributed by atoms with E-state index in [4.69, 9.17) is 0 Å². The molecule has 4 rings (SSSR count). The SMILES string of the molecule is CCC1CN=C(Nc2nc(-c3ccncc3)nc(-c3ccncc3)n2)C=C1C. The van der Waals surface area contributed by atoms with Gasteiger partial charge in [0.15, 0.2) is 11.6 Å². The van der Waals surface area contributed by atoms with E-state index in [0.29, 0.717) is 23.5 Å². The Hall–Kier alpha value is -3.48. The summed E-state index contributed by atoms with van der Waals surface area (Å²) in [5.41, 5.74) is 3.07. The summed E-state index contributed by atoms with van der Waals surface area (Å²) in [5.74, 6) is 2.90. The summed E-state index contributed by atoms with van der Waals surface area (Å²) in [4.78, 5) is 26.6. The number of hydrogen-bond acceptors (Lipinski definition) is 7. The molecule has 1 aliphatic heterocycles. The van der Waals surface area contributed by atoms with E-state index in [0.717, 1.165) is 29.9 Å². The van der Waals surface area contributed by atoms with Gasteiger partial charge >= 0.3 is 0 Å². The van der Waals surface area contributed by atoms with Crippen molar-refractivity contribution in [1.29, 1.82) is 0 Å². The van der Waals surface area contributed by atoms with Gasteiger partial charge in [-0.15, -0.1) is 0 Å². The van der Waals surface area contributed by atoms with Gasteiger partial charge in [0.2, 0.25) is 5.95 Å². The zero-order valence-electron chi connectivity index (χ0n) is 15.9. The topological polar surface area (TPSA) is 88.8 Å². The molecule has 0 spiro atoms. The standard InChI is InChI=1S/C21H21N7/c1-3-15-13-24-18(12-14(15)2)25-21-27-19(16-4-8-22-9-5-16)26-20(28-21)17-6-10-23-11-7-17/h4-12,15H,3,13H2,1-2H3,(H,24,25,26,27,28). The smallest absolute Gasteiger partial charge is 0.232 e. The average Bonchev–Trinajstić information content (AvgIpc) is 2.75. The molecule has 0 bridgehead atoms. The molecule has 1 atom stereocenters. The van der Waals surface area contributed by atoms with E-state index in [2.05, 4.69) is 55.2 Å². The molecule has 3 aromatic heterocycles. The molecule has 0 amide bonds. The molecule has 140 valence electrons. The lowest BCUT2D eigenvalue weighted by molar-refractivity contribution is 0.599. The van der Waals surface area contributed by atoms with Gasteiger partial charge in [0.25, 0.3) is 0 Å². The van der Waals surface area contributed by atoms with Crippen LogP contribution in [0.4, 0.5) is 5.95 Å². The van der Waals surface area contributed by atoms with E-state index >= 15 is 0 Å². The number of aromatic nitrogens is 5. The van der Waals surface area contributed by atoms with Crippen LogP contribution < -0.4 is 5.32 Å². The first-order chi connectivity index (χ1) is 13.7. The number of rotatable bonds is 4. The molecular weight excluding hydrogens is 350 g/mol. The zero-order chi connectivity index (χ0) is 19.3. The second-order valence-corrected chi connectivity index (χ2v) is 6.62. The third-order valence-electron chi connectivity index (χ3n) is 4.74. The molecule has 1 aliphatic rings. The minimum absolute atomic E-state index is 0.464. The summed E-state index contributed by atoms with van der Waals surface area (Å²) < 4.78 is 0. The first-order valence-corrected chi connectivity index (χ1v) is 9.29. The highest BCUT2D eigenvalue weighted by Crippen LogP contribution is 2.22. The zero-order valence-corrected chi connectivity index (χ0v) is 15.9. The van der Waals surface area contributed by atoms with Crippen molar-refractivity contribution in [3.63, 3.8) is 0 Å². The molecule has 7 nitrogen and oxygen atoms in total. The van der Waals surface area contributed by atoms with Gasteiger partial charge in [0, 0.05) is 42.5 Å². The van der Waals surface area contributed by atoms with Gasteiger partial charge in [-0.1, -0.05) is 12.5 Å². The Morgan fingerprint density at radius 1 is 0.893 bits per heavy atom. The predicted molar refractivity (Wildman–Crippen MR) is 110 cm³/mol. The molecule has 0 fully saturated rings. The number of pyridine rings is 2. The van der Waals surface area contributed by atoms with Crippen molar-refractivity contribution in [1.82, 2.24) is 24.9 Å². The van der Waals surface area contributed by atoms with Gasteiger partial charge in [-0.3, -0.25) is 15.0 Å². The van der Waals surface area contributed by atoms with Crippen molar-refractivity contribution in [2.24, 2.45) is 10.9 Å². The molecule has 0 radical (unpaired) electrons. The van der Waals surface area contributed by atoms with E-state index in [1.54, 1.807) is 24.8 Å². The van der Waals surface area contributed by atoms with Crippen LogP contribution in [-0.2, 0) is 0 Å². The highest BCUT2D eigenvalue weighted by atomic mass is 15.2. The largest absolute Gasteiger partial charge is 0.309 e. The minimum atomic E-state index is 0.464. The third kappa shape index (κ3) is 3.93. The lowest BCUT2D eigenvalue weighted by Gasteiger charge is -2.19. The average molecular weight is 371 g/mol. The van der Waals surface area contributed by atoms with E-state index in [-0.39, 0.29) is 0 Å². The monoisotopic (exact) mass is 371 g/mol. The molecule has 1 unspecified atom stereocenters. The lowest BCUT2D eigenvalue weighted by atomic mass is 9.95. The van der Waals surface area contributed by atoms with Gasteiger partial charge in [-0.2, -0.15) is 9.97 Å². The van der Waals surface area contributed by atoms with Crippen molar-refractivity contribution < 1.29 is 0 Å². The Bertz CT molecular complexity index is 956. The summed E-state index contributed by atoms with van der Waals surface area (Å²) in [5, 5.41) is 3.26. The first kappa shape index (κ1) is 17.9. The molecule has 7 heteroatoms. The quantitative estimate of drug-likeness (QED) is 0.750. The van der Waals surface area contributed by atoms with E-state index in [1.165, 1.54) is 5.57 Å². The van der Waals surface area contributed by atoms with Gasteiger partial charge in [-0.25, -0.2) is 4.98 Å². The molecule has 0 saturated heterocycles. The summed E-state index contributed by atoms with van der Waals surface area (Å²) in [7, 11) is 0. The Morgan fingerprint density at radius 2 is 1.46 bits per heavy atom. The van der Waals surface area contributed by atoms with Crippen LogP contribution in [0.3, 0.4) is 0 Å². The Balaban J connectivity index is 1.72. The van der Waals surface area contributed by atoms with Gasteiger partial charge in [0.1, 0.15) is 5.84 Å². The summed E-state index contributed by atoms with van der Waals surface area (Å²) >= 11 is 0. The summed E-state index contributed by atoms with van der Waals surface area (Å²) in [6, 6.07) is 7.51. The van der Waals surface area contributed by atoms with Crippen LogP contribution in [-0.4, -0.2) is 37.3 Å². The molecule has 4 heterocycles. The second-order valence-electron chi connectivity index (χ2n) is 6.62. The van der Waals surface area contributed by atoms with Crippen LogP contribution in [0.2, 0.25) is 0 Å². The molecule has 0 saturated carbocycles. The molecule has 1 N–H and O–H groups in total. The van der Waals surface area contributed by atoms with Crippen LogP contribution in [0.25, 0.3) is 22.8 Å². The van der Waals surface area contributed by atoms with E-state index in [1.807, 2.05) is 24.3 Å². The number of nitrogens with zero attached hydrogens (tertiary/aromatic N) is 6. The molecule has 3 aromatic rings. The molecular formula is C21H21N7. The Labute approximate surface area is 163 Å². The fourth-order valence-corrected chi connectivity index (χ4v) is 3.06. The number of amidine groups is 1. The van der Waals surface area contributed by atoms with Crippen molar-refractivity contribution >= 4 is 11.8 Å². The summed E-state index contributed by atoms with van der Waals surface area (Å²) in [6.45, 7) is 5.10. The molecule has 0 aromatic carbocycles. The van der Waals surface area contributed by atoms with Crippen molar-refractivity contribution in [3.05, 3.63) is 60.7 Å². The number of hydrogen-bond donors (Lipinski definition) is 1. The van der Waals surface area contributed by atoms with Crippen LogP contribution in [0.5, 0.6) is 0 Å².